The Morgan fingerprint density at radius 1 is 1.06 bits per heavy atom. The lowest BCUT2D eigenvalue weighted by Gasteiger charge is -2.16. The third-order valence-corrected chi connectivity index (χ3v) is 6.43. The number of fused-ring (bicyclic) bond motifs is 3. The average Bonchev–Trinajstić information content (AvgIpc) is 2.97. The van der Waals surface area contributed by atoms with E-state index in [0.717, 1.165) is 27.8 Å². The van der Waals surface area contributed by atoms with Gasteiger partial charge in [0, 0.05) is 49.9 Å². The van der Waals surface area contributed by atoms with Crippen LogP contribution in [0.25, 0.3) is 16.6 Å². The number of aryl methyl sites for hydroxylation is 1. The van der Waals surface area contributed by atoms with Gasteiger partial charge < -0.3 is 19.3 Å². The van der Waals surface area contributed by atoms with Crippen molar-refractivity contribution in [2.24, 2.45) is 7.05 Å². The number of halogens is 1. The molecule has 0 saturated carbocycles. The molecule has 34 heavy (non-hydrogen) atoms. The Morgan fingerprint density at radius 3 is 2.56 bits per heavy atom. The Labute approximate surface area is 195 Å². The molecule has 4 aromatic rings. The molecule has 5 rings (SSSR count). The Balaban J connectivity index is 1.40. The maximum atomic E-state index is 13.1. The summed E-state index contributed by atoms with van der Waals surface area (Å²) < 4.78 is 22.4. The molecule has 8 heteroatoms. The minimum Gasteiger partial charge on any atom is -0.489 e. The molecule has 0 spiro atoms. The molecule has 174 valence electrons. The van der Waals surface area contributed by atoms with E-state index in [1.165, 1.54) is 28.7 Å². The molecule has 0 unspecified atom stereocenters. The van der Waals surface area contributed by atoms with Crippen LogP contribution >= 0.6 is 0 Å². The highest BCUT2D eigenvalue weighted by molar-refractivity contribution is 5.87. The lowest BCUT2D eigenvalue weighted by molar-refractivity contribution is 0.147. The molecular weight excluding hydrogens is 437 g/mol. The molecule has 2 aromatic heterocycles. The largest absolute Gasteiger partial charge is 0.489 e. The fourth-order valence-corrected chi connectivity index (χ4v) is 4.61. The fourth-order valence-electron chi connectivity index (χ4n) is 4.61. The zero-order valence-corrected chi connectivity index (χ0v) is 18.7. The van der Waals surface area contributed by atoms with Crippen LogP contribution in [-0.2, 0) is 26.5 Å². The smallest absolute Gasteiger partial charge is 0.407 e. The van der Waals surface area contributed by atoms with Crippen molar-refractivity contribution in [1.29, 1.82) is 0 Å². The van der Waals surface area contributed by atoms with E-state index in [9.17, 15) is 19.1 Å². The van der Waals surface area contributed by atoms with Crippen LogP contribution in [0.4, 0.5) is 9.18 Å². The third kappa shape index (κ3) is 4.03. The van der Waals surface area contributed by atoms with Crippen molar-refractivity contribution in [3.63, 3.8) is 0 Å². The number of carboxylic acid groups (broad SMARTS) is 1. The monoisotopic (exact) mass is 461 g/mol. The maximum absolute atomic E-state index is 13.1. The highest BCUT2D eigenvalue weighted by Crippen LogP contribution is 2.30. The summed E-state index contributed by atoms with van der Waals surface area (Å²) in [5.41, 5.74) is 4.65. The number of carbonyl (C=O) groups is 1. The van der Waals surface area contributed by atoms with Crippen LogP contribution in [0.5, 0.6) is 5.75 Å². The van der Waals surface area contributed by atoms with Crippen LogP contribution in [0.2, 0.25) is 0 Å². The van der Waals surface area contributed by atoms with Gasteiger partial charge in [0.15, 0.2) is 0 Å². The van der Waals surface area contributed by atoms with Crippen LogP contribution in [0.1, 0.15) is 16.8 Å². The lowest BCUT2D eigenvalue weighted by Crippen LogP contribution is -2.31. The molecule has 0 fully saturated rings. The van der Waals surface area contributed by atoms with Crippen molar-refractivity contribution in [3.05, 3.63) is 93.8 Å². The topological polar surface area (TPSA) is 76.7 Å². The summed E-state index contributed by atoms with van der Waals surface area (Å²) in [6.07, 6.45) is 2.12. The van der Waals surface area contributed by atoms with Crippen LogP contribution in [-0.4, -0.2) is 38.3 Å². The third-order valence-electron chi connectivity index (χ3n) is 6.43. The molecule has 1 amide bonds. The highest BCUT2D eigenvalue weighted by atomic mass is 19.1. The van der Waals surface area contributed by atoms with Gasteiger partial charge in [-0.2, -0.15) is 0 Å². The highest BCUT2D eigenvalue weighted by Gasteiger charge is 2.23. The summed E-state index contributed by atoms with van der Waals surface area (Å²) in [7, 11) is 1.98. The lowest BCUT2D eigenvalue weighted by atomic mass is 10.1. The summed E-state index contributed by atoms with van der Waals surface area (Å²) in [5, 5.41) is 10.4. The van der Waals surface area contributed by atoms with Gasteiger partial charge in [-0.25, -0.2) is 9.18 Å². The molecule has 2 aromatic carbocycles. The predicted molar refractivity (Wildman–Crippen MR) is 126 cm³/mol. The van der Waals surface area contributed by atoms with Gasteiger partial charge in [0.1, 0.15) is 18.2 Å². The summed E-state index contributed by atoms with van der Waals surface area (Å²) in [5.74, 6) is 0.139. The molecule has 3 heterocycles. The van der Waals surface area contributed by atoms with Gasteiger partial charge >= 0.3 is 6.09 Å². The fraction of sp³-hybridized carbons (Fsp3) is 0.231. The van der Waals surface area contributed by atoms with E-state index in [-0.39, 0.29) is 18.0 Å². The molecular formula is C26H24FN3O4. The molecule has 0 bridgehead atoms. The summed E-state index contributed by atoms with van der Waals surface area (Å²) in [6, 6.07) is 15.1. The van der Waals surface area contributed by atoms with Crippen molar-refractivity contribution in [2.45, 2.75) is 19.4 Å². The molecule has 1 aliphatic heterocycles. The van der Waals surface area contributed by atoms with E-state index >= 15 is 0 Å². The number of nitrogens with zero attached hydrogens (tertiary/aromatic N) is 3. The number of hydrogen-bond acceptors (Lipinski definition) is 3. The van der Waals surface area contributed by atoms with E-state index in [2.05, 4.69) is 4.57 Å². The van der Waals surface area contributed by atoms with E-state index in [1.54, 1.807) is 29.0 Å². The van der Waals surface area contributed by atoms with E-state index in [0.29, 0.717) is 31.7 Å². The van der Waals surface area contributed by atoms with Crippen molar-refractivity contribution < 1.29 is 19.0 Å². The minimum absolute atomic E-state index is 0.219. The SMILES string of the molecule is Cn1c2c(c3ccc(-n4ccc(OCc5ccc(F)cc5)cc4=O)cc31)CCN(C(=O)O)CC2. The Kier molecular flexibility index (Phi) is 5.57. The van der Waals surface area contributed by atoms with Crippen LogP contribution in [0.3, 0.4) is 0 Å². The van der Waals surface area contributed by atoms with Gasteiger partial charge in [-0.15, -0.1) is 0 Å². The molecule has 1 N–H and O–H groups in total. The first kappa shape index (κ1) is 21.8. The standard InChI is InChI=1S/C26H24FN3O4/c1-28-23-10-12-29(26(32)33)11-9-22(23)21-7-6-19(14-24(21)28)30-13-8-20(15-25(30)31)34-16-17-2-4-18(27)5-3-17/h2-8,13-15H,9-12,16H2,1H3,(H,32,33). The predicted octanol–water partition coefficient (Wildman–Crippen LogP) is 4.13. The van der Waals surface area contributed by atoms with E-state index in [4.69, 9.17) is 4.74 Å². The summed E-state index contributed by atoms with van der Waals surface area (Å²) in [4.78, 5) is 25.7. The summed E-state index contributed by atoms with van der Waals surface area (Å²) in [6.45, 7) is 1.18. The van der Waals surface area contributed by atoms with Gasteiger partial charge in [0.25, 0.3) is 5.56 Å². The van der Waals surface area contributed by atoms with Crippen molar-refractivity contribution in [1.82, 2.24) is 14.0 Å². The van der Waals surface area contributed by atoms with Gasteiger partial charge in [0.2, 0.25) is 0 Å². The first-order valence-electron chi connectivity index (χ1n) is 11.1. The van der Waals surface area contributed by atoms with Gasteiger partial charge in [-0.1, -0.05) is 18.2 Å². The van der Waals surface area contributed by atoms with Crippen LogP contribution in [0, 0.1) is 5.82 Å². The molecule has 0 radical (unpaired) electrons. The first-order chi connectivity index (χ1) is 16.4. The van der Waals surface area contributed by atoms with Gasteiger partial charge in [-0.05, 0) is 47.9 Å². The van der Waals surface area contributed by atoms with Crippen molar-refractivity contribution in [2.75, 3.05) is 13.1 Å². The zero-order chi connectivity index (χ0) is 23.8. The maximum Gasteiger partial charge on any atom is 0.407 e. The van der Waals surface area contributed by atoms with Crippen molar-refractivity contribution in [3.8, 4) is 11.4 Å². The molecule has 0 atom stereocenters. The number of rotatable bonds is 4. The average molecular weight is 461 g/mol. The second-order valence-electron chi connectivity index (χ2n) is 8.44. The number of pyridine rings is 1. The van der Waals surface area contributed by atoms with Crippen LogP contribution < -0.4 is 10.3 Å². The Bertz CT molecular complexity index is 1440. The molecule has 0 saturated heterocycles. The Hall–Kier alpha value is -4.07. The Morgan fingerprint density at radius 2 is 1.82 bits per heavy atom. The van der Waals surface area contributed by atoms with Gasteiger partial charge in [-0.3, -0.25) is 9.36 Å². The van der Waals surface area contributed by atoms with E-state index < -0.39 is 6.09 Å². The first-order valence-corrected chi connectivity index (χ1v) is 11.1. The minimum atomic E-state index is -0.885. The number of benzene rings is 2. The van der Waals surface area contributed by atoms with Crippen LogP contribution in [0.15, 0.2) is 65.6 Å². The quantitative estimate of drug-likeness (QED) is 0.496. The summed E-state index contributed by atoms with van der Waals surface area (Å²) >= 11 is 0. The van der Waals surface area contributed by atoms with Gasteiger partial charge in [0.05, 0.1) is 11.2 Å². The second kappa shape index (κ2) is 8.70. The molecule has 1 aliphatic rings. The zero-order valence-electron chi connectivity index (χ0n) is 18.7. The normalized spacial score (nSPS) is 13.5. The second-order valence-corrected chi connectivity index (χ2v) is 8.44. The number of amides is 1. The molecule has 7 nitrogen and oxygen atoms in total. The molecule has 0 aliphatic carbocycles. The number of hydrogen-bond donors (Lipinski definition) is 1. The van der Waals surface area contributed by atoms with Crippen molar-refractivity contribution >= 4 is 17.0 Å². The van der Waals surface area contributed by atoms with E-state index in [1.807, 2.05) is 25.2 Å². The number of aromatic nitrogens is 2. The number of ether oxygens (including phenoxy) is 1.